The first kappa shape index (κ1) is 20.2. The molecule has 156 valence electrons. The Balaban J connectivity index is 1.60. The minimum absolute atomic E-state index is 0.150. The van der Waals surface area contributed by atoms with Crippen LogP contribution in [-0.4, -0.2) is 28.0 Å². The number of carbonyl (C=O) groups is 1. The maximum Gasteiger partial charge on any atom is 0.322 e. The number of para-hydroxylation sites is 1. The van der Waals surface area contributed by atoms with Gasteiger partial charge in [0.25, 0.3) is 5.56 Å². The number of urea groups is 1. The summed E-state index contributed by atoms with van der Waals surface area (Å²) in [5, 5.41) is 3.41. The topological polar surface area (TPSA) is 87.3 Å². The van der Waals surface area contributed by atoms with Gasteiger partial charge in [0.1, 0.15) is 11.6 Å². The first-order chi connectivity index (χ1) is 15.1. The van der Waals surface area contributed by atoms with Gasteiger partial charge in [0.15, 0.2) is 0 Å². The lowest BCUT2D eigenvalue weighted by molar-refractivity contribution is 0.205. The molecule has 0 saturated heterocycles. The highest BCUT2D eigenvalue weighted by Gasteiger charge is 2.17. The van der Waals surface area contributed by atoms with E-state index in [1.54, 1.807) is 54.5 Å². The molecule has 0 saturated carbocycles. The molecule has 1 heterocycles. The molecule has 31 heavy (non-hydrogen) atoms. The second kappa shape index (κ2) is 9.13. The Kier molecular flexibility index (Phi) is 5.93. The van der Waals surface area contributed by atoms with Gasteiger partial charge in [-0.15, -0.1) is 0 Å². The van der Waals surface area contributed by atoms with Crippen LogP contribution in [0.25, 0.3) is 10.9 Å². The van der Waals surface area contributed by atoms with E-state index in [1.165, 1.54) is 0 Å². The SMILES string of the molecule is COc1ccc(NC(=O)N(Cc2ccccc2)Cc2nc3ccccc3c(=O)[nH]2)cc1. The summed E-state index contributed by atoms with van der Waals surface area (Å²) in [7, 11) is 1.59. The number of rotatable bonds is 6. The van der Waals surface area contributed by atoms with Gasteiger partial charge in [-0.3, -0.25) is 4.79 Å². The fraction of sp³-hybridized carbons (Fsp3) is 0.125. The standard InChI is InChI=1S/C24H22N4O3/c1-31-19-13-11-18(12-14-19)25-24(30)28(15-17-7-3-2-4-8-17)16-22-26-21-10-6-5-9-20(21)23(29)27-22/h2-14H,15-16H2,1H3,(H,25,30)(H,26,27,29). The van der Waals surface area contributed by atoms with E-state index in [-0.39, 0.29) is 18.1 Å². The average Bonchev–Trinajstić information content (AvgIpc) is 2.80. The predicted molar refractivity (Wildman–Crippen MR) is 120 cm³/mol. The molecule has 0 aliphatic heterocycles. The third-order valence-corrected chi connectivity index (χ3v) is 4.85. The molecule has 0 unspecified atom stereocenters. The molecule has 0 spiro atoms. The fourth-order valence-electron chi connectivity index (χ4n) is 3.27. The zero-order valence-corrected chi connectivity index (χ0v) is 17.0. The lowest BCUT2D eigenvalue weighted by atomic mass is 10.2. The summed E-state index contributed by atoms with van der Waals surface area (Å²) in [5.41, 5.74) is 1.98. The van der Waals surface area contributed by atoms with Crippen molar-refractivity contribution in [3.8, 4) is 5.75 Å². The third kappa shape index (κ3) is 4.90. The number of carbonyl (C=O) groups excluding carboxylic acids is 1. The number of methoxy groups -OCH3 is 1. The number of anilines is 1. The molecule has 0 aliphatic rings. The highest BCUT2D eigenvalue weighted by atomic mass is 16.5. The van der Waals surface area contributed by atoms with Crippen LogP contribution < -0.4 is 15.6 Å². The van der Waals surface area contributed by atoms with E-state index in [4.69, 9.17) is 4.74 Å². The van der Waals surface area contributed by atoms with Gasteiger partial charge in [-0.25, -0.2) is 9.78 Å². The van der Waals surface area contributed by atoms with Crippen molar-refractivity contribution in [1.82, 2.24) is 14.9 Å². The lowest BCUT2D eigenvalue weighted by Gasteiger charge is -2.23. The third-order valence-electron chi connectivity index (χ3n) is 4.85. The van der Waals surface area contributed by atoms with E-state index in [9.17, 15) is 9.59 Å². The molecule has 1 aromatic heterocycles. The summed E-state index contributed by atoms with van der Waals surface area (Å²) in [6.45, 7) is 0.510. The van der Waals surface area contributed by atoms with Crippen molar-refractivity contribution in [2.45, 2.75) is 13.1 Å². The molecule has 7 heteroatoms. The number of H-pyrrole nitrogens is 1. The molecule has 7 nitrogen and oxygen atoms in total. The number of aromatic nitrogens is 2. The van der Waals surface area contributed by atoms with Gasteiger partial charge in [-0.05, 0) is 42.0 Å². The Morgan fingerprint density at radius 3 is 2.42 bits per heavy atom. The van der Waals surface area contributed by atoms with Crippen LogP contribution in [0, 0.1) is 0 Å². The molecular weight excluding hydrogens is 392 g/mol. The molecular formula is C24H22N4O3. The zero-order valence-electron chi connectivity index (χ0n) is 17.0. The minimum atomic E-state index is -0.301. The molecule has 2 N–H and O–H groups in total. The number of hydrogen-bond donors (Lipinski definition) is 2. The fourth-order valence-corrected chi connectivity index (χ4v) is 3.27. The summed E-state index contributed by atoms with van der Waals surface area (Å²) in [6, 6.07) is 23.6. The number of ether oxygens (including phenoxy) is 1. The van der Waals surface area contributed by atoms with Crippen LogP contribution in [0.2, 0.25) is 0 Å². The Bertz CT molecular complexity index is 1240. The molecule has 0 aliphatic carbocycles. The van der Waals surface area contributed by atoms with E-state index in [0.29, 0.717) is 34.7 Å². The van der Waals surface area contributed by atoms with Crippen LogP contribution in [0.5, 0.6) is 5.75 Å². The number of aromatic amines is 1. The maximum absolute atomic E-state index is 13.1. The summed E-state index contributed by atoms with van der Waals surface area (Å²) >= 11 is 0. The molecule has 0 bridgehead atoms. The van der Waals surface area contributed by atoms with Crippen LogP contribution in [0.1, 0.15) is 11.4 Å². The number of fused-ring (bicyclic) bond motifs is 1. The number of amides is 2. The van der Waals surface area contributed by atoms with Gasteiger partial charge in [0.2, 0.25) is 0 Å². The molecule has 0 atom stereocenters. The predicted octanol–water partition coefficient (Wildman–Crippen LogP) is 4.17. The summed E-state index contributed by atoms with van der Waals surface area (Å²) in [5.74, 6) is 1.13. The first-order valence-electron chi connectivity index (χ1n) is 9.84. The number of nitrogens with one attached hydrogen (secondary N) is 2. The van der Waals surface area contributed by atoms with Crippen molar-refractivity contribution in [2.24, 2.45) is 0 Å². The quantitative estimate of drug-likeness (QED) is 0.496. The molecule has 4 rings (SSSR count). The van der Waals surface area contributed by atoms with E-state index in [0.717, 1.165) is 5.56 Å². The van der Waals surface area contributed by atoms with Crippen LogP contribution in [0.15, 0.2) is 83.7 Å². The smallest absolute Gasteiger partial charge is 0.322 e. The highest BCUT2D eigenvalue weighted by molar-refractivity contribution is 5.89. The Hall–Kier alpha value is -4.13. The number of benzene rings is 3. The second-order valence-corrected chi connectivity index (χ2v) is 7.03. The Morgan fingerprint density at radius 1 is 0.968 bits per heavy atom. The van der Waals surface area contributed by atoms with Crippen LogP contribution in [-0.2, 0) is 13.1 Å². The molecule has 2 amide bonds. The van der Waals surface area contributed by atoms with Crippen molar-refractivity contribution in [2.75, 3.05) is 12.4 Å². The van der Waals surface area contributed by atoms with Crippen molar-refractivity contribution in [1.29, 1.82) is 0 Å². The normalized spacial score (nSPS) is 10.6. The molecule has 0 radical (unpaired) electrons. The first-order valence-corrected chi connectivity index (χ1v) is 9.84. The van der Waals surface area contributed by atoms with E-state index in [2.05, 4.69) is 15.3 Å². The van der Waals surface area contributed by atoms with Crippen LogP contribution in [0.3, 0.4) is 0 Å². The summed E-state index contributed by atoms with van der Waals surface area (Å²) in [6.07, 6.45) is 0. The largest absolute Gasteiger partial charge is 0.497 e. The molecule has 3 aromatic carbocycles. The van der Waals surface area contributed by atoms with Gasteiger partial charge in [-0.2, -0.15) is 0 Å². The van der Waals surface area contributed by atoms with Gasteiger partial charge < -0.3 is 19.9 Å². The second-order valence-electron chi connectivity index (χ2n) is 7.03. The molecule has 4 aromatic rings. The van der Waals surface area contributed by atoms with Crippen molar-refractivity contribution in [3.05, 3.63) is 101 Å². The minimum Gasteiger partial charge on any atom is -0.497 e. The number of nitrogens with zero attached hydrogens (tertiary/aromatic N) is 2. The van der Waals surface area contributed by atoms with Crippen molar-refractivity contribution >= 4 is 22.6 Å². The van der Waals surface area contributed by atoms with Crippen LogP contribution >= 0.6 is 0 Å². The Labute approximate surface area is 179 Å². The van der Waals surface area contributed by atoms with Gasteiger partial charge in [0.05, 0.1) is 24.6 Å². The van der Waals surface area contributed by atoms with Gasteiger partial charge in [0, 0.05) is 12.2 Å². The Morgan fingerprint density at radius 2 is 1.68 bits per heavy atom. The summed E-state index contributed by atoms with van der Waals surface area (Å²) < 4.78 is 5.16. The summed E-state index contributed by atoms with van der Waals surface area (Å²) in [4.78, 5) is 34.5. The van der Waals surface area contributed by atoms with E-state index < -0.39 is 0 Å². The van der Waals surface area contributed by atoms with Crippen molar-refractivity contribution < 1.29 is 9.53 Å². The maximum atomic E-state index is 13.1. The lowest BCUT2D eigenvalue weighted by Crippen LogP contribution is -2.35. The van der Waals surface area contributed by atoms with Gasteiger partial charge in [-0.1, -0.05) is 42.5 Å². The number of hydrogen-bond acceptors (Lipinski definition) is 4. The highest BCUT2D eigenvalue weighted by Crippen LogP contribution is 2.17. The monoisotopic (exact) mass is 414 g/mol. The van der Waals surface area contributed by atoms with Gasteiger partial charge >= 0.3 is 6.03 Å². The molecule has 0 fully saturated rings. The van der Waals surface area contributed by atoms with E-state index >= 15 is 0 Å². The van der Waals surface area contributed by atoms with Crippen LogP contribution in [0.4, 0.5) is 10.5 Å². The van der Waals surface area contributed by atoms with Crippen molar-refractivity contribution in [3.63, 3.8) is 0 Å². The zero-order chi connectivity index (χ0) is 21.6. The average molecular weight is 414 g/mol. The van der Waals surface area contributed by atoms with E-state index in [1.807, 2.05) is 36.4 Å².